The van der Waals surface area contributed by atoms with Crippen molar-refractivity contribution in [3.63, 3.8) is 0 Å². The smallest absolute Gasteiger partial charge is 0.235 e. The summed E-state index contributed by atoms with van der Waals surface area (Å²) in [6.45, 7) is 0. The number of fused-ring (bicyclic) bond motifs is 1. The van der Waals surface area contributed by atoms with Gasteiger partial charge in [0.2, 0.25) is 10.0 Å². The van der Waals surface area contributed by atoms with Crippen LogP contribution in [0.3, 0.4) is 0 Å². The Morgan fingerprint density at radius 1 is 1.10 bits per heavy atom. The van der Waals surface area contributed by atoms with E-state index in [1.807, 2.05) is 36.0 Å². The molecular formula is C20H19N5O3S. The Hall–Kier alpha value is -3.33. The molecule has 0 bridgehead atoms. The number of phenols is 1. The molecule has 0 radical (unpaired) electrons. The first kappa shape index (κ1) is 17.7. The van der Waals surface area contributed by atoms with Crippen LogP contribution in [0.5, 0.6) is 5.75 Å². The van der Waals surface area contributed by atoms with E-state index in [0.29, 0.717) is 24.1 Å². The molecule has 1 saturated carbocycles. The topological polar surface area (TPSA) is 102 Å². The number of benzene rings is 1. The largest absolute Gasteiger partial charge is 0.508 e. The molecule has 0 aliphatic heterocycles. The van der Waals surface area contributed by atoms with Gasteiger partial charge < -0.3 is 5.11 Å². The number of aromatic hydroxyl groups is 1. The Labute approximate surface area is 167 Å². The Bertz CT molecular complexity index is 1340. The van der Waals surface area contributed by atoms with Gasteiger partial charge in [0.1, 0.15) is 11.4 Å². The van der Waals surface area contributed by atoms with Crippen molar-refractivity contribution < 1.29 is 13.5 Å². The minimum atomic E-state index is -3.41. The Morgan fingerprint density at radius 3 is 2.66 bits per heavy atom. The highest BCUT2D eigenvalue weighted by Gasteiger charge is 2.35. The molecule has 9 heteroatoms. The summed E-state index contributed by atoms with van der Waals surface area (Å²) in [5.74, 6) is -0.0158. The monoisotopic (exact) mass is 409 g/mol. The van der Waals surface area contributed by atoms with Crippen molar-refractivity contribution in [2.45, 2.75) is 18.1 Å². The van der Waals surface area contributed by atoms with Crippen LogP contribution in [0, 0.1) is 0 Å². The molecular weight excluding hydrogens is 390 g/mol. The SMILES string of the molecule is Cn1cc(-c2ccn3c(-c4cc(O)cc(NS(=O)(=O)C5CC5)c4)cnc3c2)cn1. The van der Waals surface area contributed by atoms with E-state index in [0.717, 1.165) is 22.5 Å². The Morgan fingerprint density at radius 2 is 1.93 bits per heavy atom. The van der Waals surface area contributed by atoms with Gasteiger partial charge in [0.05, 0.1) is 29.0 Å². The van der Waals surface area contributed by atoms with Crippen molar-refractivity contribution in [1.29, 1.82) is 0 Å². The number of pyridine rings is 1. The van der Waals surface area contributed by atoms with Crippen molar-refractivity contribution in [2.24, 2.45) is 7.05 Å². The van der Waals surface area contributed by atoms with Crippen molar-refractivity contribution in [2.75, 3.05) is 4.72 Å². The number of aromatic nitrogens is 4. The molecule has 0 amide bonds. The van der Waals surface area contributed by atoms with Gasteiger partial charge in [-0.15, -0.1) is 0 Å². The molecule has 3 heterocycles. The summed E-state index contributed by atoms with van der Waals surface area (Å²) in [6, 6.07) is 8.63. The maximum absolute atomic E-state index is 12.2. The molecule has 1 aliphatic carbocycles. The minimum absolute atomic E-state index is 0.0158. The average Bonchev–Trinajstić information content (AvgIpc) is 3.32. The van der Waals surface area contributed by atoms with E-state index in [1.165, 1.54) is 6.07 Å². The summed E-state index contributed by atoms with van der Waals surface area (Å²) >= 11 is 0. The Balaban J connectivity index is 1.53. The molecule has 3 aromatic heterocycles. The summed E-state index contributed by atoms with van der Waals surface area (Å²) in [4.78, 5) is 4.48. The van der Waals surface area contributed by atoms with Crippen molar-refractivity contribution >= 4 is 21.4 Å². The molecule has 1 aromatic carbocycles. The van der Waals surface area contributed by atoms with Crippen LogP contribution < -0.4 is 4.72 Å². The quantitative estimate of drug-likeness (QED) is 0.528. The molecule has 0 unspecified atom stereocenters. The van der Waals surface area contributed by atoms with Crippen LogP contribution in [0.25, 0.3) is 28.0 Å². The van der Waals surface area contributed by atoms with Gasteiger partial charge in [-0.3, -0.25) is 13.8 Å². The van der Waals surface area contributed by atoms with E-state index in [4.69, 9.17) is 0 Å². The third kappa shape index (κ3) is 3.33. The molecule has 4 aromatic rings. The lowest BCUT2D eigenvalue weighted by molar-refractivity contribution is 0.476. The first-order valence-corrected chi connectivity index (χ1v) is 10.8. The van der Waals surface area contributed by atoms with Crippen LogP contribution >= 0.6 is 0 Å². The van der Waals surface area contributed by atoms with Gasteiger partial charge >= 0.3 is 0 Å². The van der Waals surface area contributed by atoms with Gasteiger partial charge in [-0.2, -0.15) is 5.10 Å². The second-order valence-corrected chi connectivity index (χ2v) is 9.27. The van der Waals surface area contributed by atoms with Crippen molar-refractivity contribution in [3.8, 4) is 28.1 Å². The van der Waals surface area contributed by atoms with Gasteiger partial charge in [0.25, 0.3) is 0 Å². The van der Waals surface area contributed by atoms with Gasteiger partial charge in [-0.05, 0) is 42.7 Å². The van der Waals surface area contributed by atoms with E-state index in [1.54, 1.807) is 29.2 Å². The average molecular weight is 409 g/mol. The second kappa shape index (κ2) is 6.35. The fourth-order valence-electron chi connectivity index (χ4n) is 3.39. The molecule has 1 aliphatic rings. The van der Waals surface area contributed by atoms with Crippen molar-refractivity contribution in [3.05, 3.63) is 55.1 Å². The molecule has 0 atom stereocenters. The van der Waals surface area contributed by atoms with Crippen LogP contribution in [-0.4, -0.2) is 37.9 Å². The zero-order valence-corrected chi connectivity index (χ0v) is 16.5. The molecule has 0 saturated heterocycles. The standard InChI is InChI=1S/C20H19N5O3S/c1-24-12-15(10-22-24)13-4-5-25-19(11-21-20(25)8-13)14-6-16(9-17(26)7-14)23-29(27,28)18-2-3-18/h4-12,18,23,26H,2-3H2,1H3. The summed E-state index contributed by atoms with van der Waals surface area (Å²) in [6.07, 6.45) is 8.68. The summed E-state index contributed by atoms with van der Waals surface area (Å²) in [5.41, 5.74) is 4.49. The lowest BCUT2D eigenvalue weighted by Gasteiger charge is -2.10. The summed E-state index contributed by atoms with van der Waals surface area (Å²) in [7, 11) is -1.54. The highest BCUT2D eigenvalue weighted by atomic mass is 32.2. The number of anilines is 1. The maximum Gasteiger partial charge on any atom is 0.235 e. The number of hydrogen-bond acceptors (Lipinski definition) is 5. The summed E-state index contributed by atoms with van der Waals surface area (Å²) in [5, 5.41) is 14.0. The summed E-state index contributed by atoms with van der Waals surface area (Å²) < 4.78 is 30.7. The first-order chi connectivity index (χ1) is 13.9. The van der Waals surface area contributed by atoms with Crippen LogP contribution in [0.1, 0.15) is 12.8 Å². The van der Waals surface area contributed by atoms with Crippen LogP contribution in [0.4, 0.5) is 5.69 Å². The van der Waals surface area contributed by atoms with Gasteiger partial charge in [-0.1, -0.05) is 0 Å². The molecule has 0 spiro atoms. The molecule has 148 valence electrons. The number of nitrogens with one attached hydrogen (secondary N) is 1. The number of imidazole rings is 1. The van der Waals surface area contributed by atoms with Crippen molar-refractivity contribution in [1.82, 2.24) is 19.2 Å². The molecule has 29 heavy (non-hydrogen) atoms. The van der Waals surface area contributed by atoms with E-state index in [-0.39, 0.29) is 11.0 Å². The molecule has 5 rings (SSSR count). The number of sulfonamides is 1. The second-order valence-electron chi connectivity index (χ2n) is 7.30. The number of aryl methyl sites for hydroxylation is 1. The van der Waals surface area contributed by atoms with E-state index < -0.39 is 10.0 Å². The fraction of sp³-hybridized carbons (Fsp3) is 0.200. The zero-order chi connectivity index (χ0) is 20.2. The van der Waals surface area contributed by atoms with Gasteiger partial charge in [0, 0.05) is 36.6 Å². The zero-order valence-electron chi connectivity index (χ0n) is 15.6. The highest BCUT2D eigenvalue weighted by Crippen LogP contribution is 2.33. The van der Waals surface area contributed by atoms with Crippen LogP contribution in [0.2, 0.25) is 0 Å². The number of phenolic OH excluding ortho intramolecular Hbond substituents is 1. The number of hydrogen-bond donors (Lipinski definition) is 2. The normalized spacial score (nSPS) is 14.4. The maximum atomic E-state index is 12.2. The van der Waals surface area contributed by atoms with Gasteiger partial charge in [0.15, 0.2) is 0 Å². The fourth-order valence-corrected chi connectivity index (χ4v) is 4.76. The molecule has 2 N–H and O–H groups in total. The highest BCUT2D eigenvalue weighted by molar-refractivity contribution is 7.93. The number of rotatable bonds is 5. The third-order valence-corrected chi connectivity index (χ3v) is 6.86. The van der Waals surface area contributed by atoms with E-state index in [2.05, 4.69) is 14.8 Å². The Kier molecular flexibility index (Phi) is 3.88. The third-order valence-electron chi connectivity index (χ3n) is 4.99. The lowest BCUT2D eigenvalue weighted by atomic mass is 10.1. The number of nitrogens with zero attached hydrogens (tertiary/aromatic N) is 4. The molecule has 8 nitrogen and oxygen atoms in total. The van der Waals surface area contributed by atoms with Gasteiger partial charge in [-0.25, -0.2) is 13.4 Å². The predicted octanol–water partition coefficient (Wildman–Crippen LogP) is 3.01. The van der Waals surface area contributed by atoms with E-state index in [9.17, 15) is 13.5 Å². The van der Waals surface area contributed by atoms with Crippen LogP contribution in [-0.2, 0) is 17.1 Å². The lowest BCUT2D eigenvalue weighted by Crippen LogP contribution is -2.17. The van der Waals surface area contributed by atoms with E-state index >= 15 is 0 Å². The van der Waals surface area contributed by atoms with Crippen LogP contribution in [0.15, 0.2) is 55.1 Å². The minimum Gasteiger partial charge on any atom is -0.508 e. The predicted molar refractivity (Wildman–Crippen MR) is 110 cm³/mol. The molecule has 1 fully saturated rings. The first-order valence-electron chi connectivity index (χ1n) is 9.21.